The zero-order chi connectivity index (χ0) is 21.1. The SMILES string of the molecule is CC(=O)Nc1ccc(Oc2cc(C3=NOC4(CCOC4)C3)ccc2OC(F)F)cc1. The van der Waals surface area contributed by atoms with Gasteiger partial charge in [0.2, 0.25) is 5.91 Å². The summed E-state index contributed by atoms with van der Waals surface area (Å²) in [4.78, 5) is 16.7. The van der Waals surface area contributed by atoms with Crippen molar-refractivity contribution in [2.45, 2.75) is 32.0 Å². The molecule has 4 rings (SSSR count). The van der Waals surface area contributed by atoms with Crippen molar-refractivity contribution in [2.24, 2.45) is 5.16 Å². The Hall–Kier alpha value is -3.20. The Kier molecular flexibility index (Phi) is 5.54. The molecule has 0 radical (unpaired) electrons. The molecule has 2 aliphatic heterocycles. The van der Waals surface area contributed by atoms with Gasteiger partial charge in [-0.2, -0.15) is 8.78 Å². The normalized spacial score (nSPS) is 20.2. The topological polar surface area (TPSA) is 78.4 Å². The highest BCUT2D eigenvalue weighted by Gasteiger charge is 2.43. The van der Waals surface area contributed by atoms with E-state index in [0.29, 0.717) is 42.3 Å². The van der Waals surface area contributed by atoms with Gasteiger partial charge in [-0.1, -0.05) is 5.16 Å². The Morgan fingerprint density at radius 2 is 2.00 bits per heavy atom. The van der Waals surface area contributed by atoms with E-state index in [1.165, 1.54) is 13.0 Å². The average Bonchev–Trinajstić information content (AvgIpc) is 3.34. The molecule has 1 saturated heterocycles. The molecule has 1 spiro atoms. The molecule has 1 amide bonds. The Morgan fingerprint density at radius 1 is 1.20 bits per heavy atom. The van der Waals surface area contributed by atoms with Crippen LogP contribution in [-0.4, -0.2) is 37.0 Å². The third-order valence-corrected chi connectivity index (χ3v) is 4.80. The maximum absolute atomic E-state index is 12.8. The number of ether oxygens (including phenoxy) is 3. The van der Waals surface area contributed by atoms with Crippen LogP contribution in [0.2, 0.25) is 0 Å². The van der Waals surface area contributed by atoms with E-state index in [4.69, 9.17) is 14.3 Å². The second kappa shape index (κ2) is 8.27. The van der Waals surface area contributed by atoms with Gasteiger partial charge in [-0.3, -0.25) is 4.79 Å². The summed E-state index contributed by atoms with van der Waals surface area (Å²) in [6.07, 6.45) is 1.31. The fraction of sp³-hybridized carbons (Fsp3) is 0.333. The molecular weight excluding hydrogens is 398 g/mol. The van der Waals surface area contributed by atoms with Crippen LogP contribution in [0.1, 0.15) is 25.3 Å². The van der Waals surface area contributed by atoms with Crippen LogP contribution >= 0.6 is 0 Å². The van der Waals surface area contributed by atoms with Crippen LogP contribution < -0.4 is 14.8 Å². The van der Waals surface area contributed by atoms with Crippen LogP contribution in [0.5, 0.6) is 17.2 Å². The van der Waals surface area contributed by atoms with Crippen molar-refractivity contribution in [1.82, 2.24) is 0 Å². The van der Waals surface area contributed by atoms with Crippen molar-refractivity contribution in [3.8, 4) is 17.2 Å². The second-order valence-corrected chi connectivity index (χ2v) is 7.14. The number of carbonyl (C=O) groups is 1. The van der Waals surface area contributed by atoms with Crippen molar-refractivity contribution in [3.63, 3.8) is 0 Å². The third-order valence-electron chi connectivity index (χ3n) is 4.80. The number of benzene rings is 2. The molecule has 1 atom stereocenters. The lowest BCUT2D eigenvalue weighted by molar-refractivity contribution is -0.114. The number of alkyl halides is 2. The Morgan fingerprint density at radius 3 is 2.67 bits per heavy atom. The van der Waals surface area contributed by atoms with Crippen molar-refractivity contribution >= 4 is 17.3 Å². The molecule has 1 N–H and O–H groups in total. The van der Waals surface area contributed by atoms with Crippen LogP contribution in [0.4, 0.5) is 14.5 Å². The molecule has 7 nitrogen and oxygen atoms in total. The Balaban J connectivity index is 1.57. The number of hydrogen-bond donors (Lipinski definition) is 1. The lowest BCUT2D eigenvalue weighted by atomic mass is 9.93. The first-order valence-electron chi connectivity index (χ1n) is 9.40. The predicted molar refractivity (Wildman–Crippen MR) is 104 cm³/mol. The van der Waals surface area contributed by atoms with Crippen molar-refractivity contribution in [3.05, 3.63) is 48.0 Å². The lowest BCUT2D eigenvalue weighted by Gasteiger charge is -2.17. The van der Waals surface area contributed by atoms with E-state index in [1.807, 2.05) is 0 Å². The number of anilines is 1. The van der Waals surface area contributed by atoms with E-state index in [1.54, 1.807) is 36.4 Å². The van der Waals surface area contributed by atoms with Crippen molar-refractivity contribution < 1.29 is 32.6 Å². The molecular formula is C21H20F2N2O5. The minimum absolute atomic E-state index is 0.0990. The number of amides is 1. The first-order valence-corrected chi connectivity index (χ1v) is 9.40. The van der Waals surface area contributed by atoms with E-state index in [2.05, 4.69) is 15.2 Å². The molecule has 2 aliphatic rings. The zero-order valence-corrected chi connectivity index (χ0v) is 16.2. The minimum atomic E-state index is -2.99. The van der Waals surface area contributed by atoms with Gasteiger partial charge in [0.05, 0.1) is 18.9 Å². The standard InChI is InChI=1S/C21H20F2N2O5/c1-13(26)24-15-3-5-16(6-4-15)28-19-10-14(2-7-18(19)29-20(22)23)17-11-21(30-25-17)8-9-27-12-21/h2-7,10,20H,8-9,11-12H2,1H3,(H,24,26). The molecule has 2 heterocycles. The van der Waals surface area contributed by atoms with Crippen molar-refractivity contribution in [1.29, 1.82) is 0 Å². The maximum atomic E-state index is 12.8. The Labute approximate surface area is 171 Å². The maximum Gasteiger partial charge on any atom is 0.387 e. The summed E-state index contributed by atoms with van der Waals surface area (Å²) in [6, 6.07) is 11.2. The van der Waals surface area contributed by atoms with Gasteiger partial charge >= 0.3 is 6.61 Å². The van der Waals surface area contributed by atoms with E-state index >= 15 is 0 Å². The van der Waals surface area contributed by atoms with Gasteiger partial charge in [0, 0.05) is 31.0 Å². The van der Waals surface area contributed by atoms with Gasteiger partial charge in [-0.25, -0.2) is 0 Å². The summed E-state index contributed by atoms with van der Waals surface area (Å²) in [5, 5.41) is 6.82. The summed E-state index contributed by atoms with van der Waals surface area (Å²) >= 11 is 0. The molecule has 9 heteroatoms. The number of carbonyl (C=O) groups excluding carboxylic acids is 1. The van der Waals surface area contributed by atoms with Crippen molar-refractivity contribution in [2.75, 3.05) is 18.5 Å². The number of nitrogens with zero attached hydrogens (tertiary/aromatic N) is 1. The van der Waals surface area contributed by atoms with Crippen LogP contribution in [0.25, 0.3) is 0 Å². The second-order valence-electron chi connectivity index (χ2n) is 7.14. The van der Waals surface area contributed by atoms with Gasteiger partial charge in [-0.15, -0.1) is 0 Å². The minimum Gasteiger partial charge on any atom is -0.453 e. The van der Waals surface area contributed by atoms with Gasteiger partial charge in [-0.05, 0) is 42.5 Å². The van der Waals surface area contributed by atoms with Gasteiger partial charge < -0.3 is 24.4 Å². The highest BCUT2D eigenvalue weighted by atomic mass is 19.3. The quantitative estimate of drug-likeness (QED) is 0.756. The molecule has 0 saturated carbocycles. The van der Waals surface area contributed by atoms with Crippen LogP contribution in [0.15, 0.2) is 47.6 Å². The fourth-order valence-electron chi connectivity index (χ4n) is 3.37. The summed E-state index contributed by atoms with van der Waals surface area (Å²) in [6.45, 7) is -0.503. The zero-order valence-electron chi connectivity index (χ0n) is 16.2. The molecule has 30 heavy (non-hydrogen) atoms. The molecule has 2 aromatic carbocycles. The van der Waals surface area contributed by atoms with E-state index in [-0.39, 0.29) is 17.4 Å². The summed E-state index contributed by atoms with van der Waals surface area (Å²) in [7, 11) is 0. The Bertz CT molecular complexity index is 956. The molecule has 158 valence electrons. The largest absolute Gasteiger partial charge is 0.453 e. The number of halogens is 2. The fourth-order valence-corrected chi connectivity index (χ4v) is 3.37. The van der Waals surface area contributed by atoms with E-state index in [9.17, 15) is 13.6 Å². The molecule has 0 aliphatic carbocycles. The van der Waals surface area contributed by atoms with Gasteiger partial charge in [0.15, 0.2) is 17.1 Å². The number of rotatable bonds is 6. The summed E-state index contributed by atoms with van der Waals surface area (Å²) < 4.78 is 41.5. The third kappa shape index (κ3) is 4.51. The summed E-state index contributed by atoms with van der Waals surface area (Å²) in [5.74, 6) is 0.212. The molecule has 1 unspecified atom stereocenters. The predicted octanol–water partition coefficient (Wildman–Crippen LogP) is 4.32. The first-order chi connectivity index (χ1) is 14.4. The van der Waals surface area contributed by atoms with Gasteiger partial charge in [0.1, 0.15) is 5.75 Å². The van der Waals surface area contributed by atoms with E-state index in [0.717, 1.165) is 6.42 Å². The number of oxime groups is 1. The molecule has 2 aromatic rings. The first kappa shape index (κ1) is 20.1. The monoisotopic (exact) mass is 418 g/mol. The smallest absolute Gasteiger partial charge is 0.387 e. The molecule has 0 bridgehead atoms. The highest BCUT2D eigenvalue weighted by Crippen LogP contribution is 2.38. The lowest BCUT2D eigenvalue weighted by Crippen LogP contribution is -2.29. The number of nitrogens with one attached hydrogen (secondary N) is 1. The van der Waals surface area contributed by atoms with Crippen LogP contribution in [-0.2, 0) is 14.4 Å². The van der Waals surface area contributed by atoms with Gasteiger partial charge in [0.25, 0.3) is 0 Å². The summed E-state index contributed by atoms with van der Waals surface area (Å²) in [5.41, 5.74) is 1.52. The molecule has 1 fully saturated rings. The molecule has 0 aromatic heterocycles. The van der Waals surface area contributed by atoms with Crippen LogP contribution in [0.3, 0.4) is 0 Å². The highest BCUT2D eigenvalue weighted by molar-refractivity contribution is 6.02. The van der Waals surface area contributed by atoms with E-state index < -0.39 is 12.2 Å². The average molecular weight is 418 g/mol. The number of hydrogen-bond acceptors (Lipinski definition) is 6. The van der Waals surface area contributed by atoms with Crippen LogP contribution in [0, 0.1) is 0 Å².